The summed E-state index contributed by atoms with van der Waals surface area (Å²) >= 11 is 0. The van der Waals surface area contributed by atoms with Gasteiger partial charge in [0.05, 0.1) is 26.2 Å². The number of alkyl carbamates (subject to hydrolysis) is 1. The van der Waals surface area contributed by atoms with Crippen LogP contribution in [0.3, 0.4) is 0 Å². The summed E-state index contributed by atoms with van der Waals surface area (Å²) in [6.07, 6.45) is -0.483. The summed E-state index contributed by atoms with van der Waals surface area (Å²) in [6, 6.07) is -3.02. The number of amides is 7. The molecule has 0 aliphatic carbocycles. The van der Waals surface area contributed by atoms with Crippen LogP contribution in [0.25, 0.3) is 0 Å². The number of esters is 1. The minimum Gasteiger partial charge on any atom is -0.465 e. The van der Waals surface area contributed by atoms with Crippen molar-refractivity contribution < 1.29 is 47.8 Å². The van der Waals surface area contributed by atoms with Crippen molar-refractivity contribution in [1.29, 1.82) is 0 Å². The van der Waals surface area contributed by atoms with Gasteiger partial charge in [0, 0.05) is 0 Å². The van der Waals surface area contributed by atoms with Crippen molar-refractivity contribution in [3.63, 3.8) is 0 Å². The number of ether oxygens (including phenoxy) is 2. The molecular formula is C27H47N7O10. The summed E-state index contributed by atoms with van der Waals surface area (Å²) in [7, 11) is 0. The molecule has 0 unspecified atom stereocenters. The van der Waals surface area contributed by atoms with Crippen LogP contribution in [0.15, 0.2) is 0 Å². The van der Waals surface area contributed by atoms with Gasteiger partial charge in [-0.15, -0.1) is 0 Å². The van der Waals surface area contributed by atoms with Crippen LogP contribution in [0.4, 0.5) is 4.79 Å². The molecule has 17 nitrogen and oxygen atoms in total. The van der Waals surface area contributed by atoms with Crippen LogP contribution in [0.1, 0.15) is 61.8 Å². The quantitative estimate of drug-likeness (QED) is 0.0870. The fourth-order valence-corrected chi connectivity index (χ4v) is 3.25. The Hall–Kier alpha value is -4.44. The van der Waals surface area contributed by atoms with Crippen LogP contribution in [-0.4, -0.2) is 104 Å². The Labute approximate surface area is 257 Å². The van der Waals surface area contributed by atoms with E-state index in [9.17, 15) is 38.4 Å². The average molecular weight is 630 g/mol. The lowest BCUT2D eigenvalue weighted by Crippen LogP contribution is -2.53. The number of nitrogens with one attached hydrogen (secondary N) is 7. The van der Waals surface area contributed by atoms with E-state index in [1.54, 1.807) is 27.7 Å². The van der Waals surface area contributed by atoms with E-state index in [0.29, 0.717) is 6.42 Å². The molecular weight excluding hydrogens is 582 g/mol. The second-order valence-corrected chi connectivity index (χ2v) is 11.1. The van der Waals surface area contributed by atoms with Crippen molar-refractivity contribution >= 4 is 47.5 Å². The Bertz CT molecular complexity index is 1040. The topological polar surface area (TPSA) is 239 Å². The maximum absolute atomic E-state index is 12.6. The van der Waals surface area contributed by atoms with Crippen molar-refractivity contribution in [3.05, 3.63) is 0 Å². The first-order valence-electron chi connectivity index (χ1n) is 14.2. The molecule has 7 N–H and O–H groups in total. The maximum Gasteiger partial charge on any atom is 0.408 e. The van der Waals surface area contributed by atoms with Gasteiger partial charge in [0.2, 0.25) is 35.4 Å². The van der Waals surface area contributed by atoms with Gasteiger partial charge >= 0.3 is 12.1 Å². The van der Waals surface area contributed by atoms with Crippen molar-refractivity contribution in [3.8, 4) is 0 Å². The molecule has 0 radical (unpaired) electrons. The van der Waals surface area contributed by atoms with Crippen molar-refractivity contribution in [1.82, 2.24) is 37.2 Å². The van der Waals surface area contributed by atoms with Gasteiger partial charge in [-0.1, -0.05) is 13.8 Å². The average Bonchev–Trinajstić information content (AvgIpc) is 2.90. The van der Waals surface area contributed by atoms with Crippen LogP contribution in [0.5, 0.6) is 0 Å². The largest absolute Gasteiger partial charge is 0.465 e. The van der Waals surface area contributed by atoms with Gasteiger partial charge in [-0.25, -0.2) is 4.79 Å². The summed E-state index contributed by atoms with van der Waals surface area (Å²) < 4.78 is 9.87. The molecule has 0 rings (SSSR count). The van der Waals surface area contributed by atoms with Crippen molar-refractivity contribution in [2.45, 2.75) is 85.5 Å². The van der Waals surface area contributed by atoms with Gasteiger partial charge in [-0.05, 0) is 53.9 Å². The normalized spacial score (nSPS) is 12.8. The lowest BCUT2D eigenvalue weighted by atomic mass is 10.0. The number of rotatable bonds is 17. The summed E-state index contributed by atoms with van der Waals surface area (Å²) in [5, 5.41) is 16.5. The van der Waals surface area contributed by atoms with E-state index < -0.39 is 90.9 Å². The molecule has 250 valence electrons. The summed E-state index contributed by atoms with van der Waals surface area (Å²) in [6.45, 7) is 11.4. The highest BCUT2D eigenvalue weighted by molar-refractivity contribution is 5.94. The monoisotopic (exact) mass is 629 g/mol. The first-order valence-corrected chi connectivity index (χ1v) is 14.2. The smallest absolute Gasteiger partial charge is 0.408 e. The highest BCUT2D eigenvalue weighted by Crippen LogP contribution is 2.09. The van der Waals surface area contributed by atoms with Gasteiger partial charge in [0.1, 0.15) is 30.3 Å². The molecule has 0 aliphatic heterocycles. The van der Waals surface area contributed by atoms with E-state index in [2.05, 4.69) is 42.0 Å². The standard InChI is InChI=1S/C27H47N7O10/c1-9-43-22(38)14-31-24(40)17(5)32-20(36)12-28-19(35)11-29-23(39)16(4)33-21(37)13-30-25(41)18(10-15(2)3)34-26(42)44-27(6,7)8/h15-18H,9-14H2,1-8H3,(H,28,35)(H,29,39)(H,30,41)(H,31,40)(H,32,36)(H,33,37)(H,34,42)/t16-,17-,18-/m0/s1. The lowest BCUT2D eigenvalue weighted by molar-refractivity contribution is -0.143. The Morgan fingerprint density at radius 1 is 0.614 bits per heavy atom. The SMILES string of the molecule is CCOC(=O)CNC(=O)[C@H](C)NC(=O)CNC(=O)CNC(=O)[C@H](C)NC(=O)CNC(=O)[C@H](CC(C)C)NC(=O)OC(C)(C)C. The highest BCUT2D eigenvalue weighted by atomic mass is 16.6. The summed E-state index contributed by atoms with van der Waals surface area (Å²) in [4.78, 5) is 96.5. The van der Waals surface area contributed by atoms with E-state index in [1.807, 2.05) is 13.8 Å². The molecule has 44 heavy (non-hydrogen) atoms. The van der Waals surface area contributed by atoms with Gasteiger partial charge in [-0.3, -0.25) is 33.6 Å². The molecule has 0 heterocycles. The predicted molar refractivity (Wildman–Crippen MR) is 156 cm³/mol. The van der Waals surface area contributed by atoms with E-state index in [1.165, 1.54) is 13.8 Å². The number of carbonyl (C=O) groups excluding carboxylic acids is 8. The molecule has 3 atom stereocenters. The third-order valence-electron chi connectivity index (χ3n) is 5.26. The zero-order valence-electron chi connectivity index (χ0n) is 26.6. The zero-order chi connectivity index (χ0) is 34.0. The maximum atomic E-state index is 12.6. The van der Waals surface area contributed by atoms with Crippen molar-refractivity contribution in [2.75, 3.05) is 32.8 Å². The second-order valence-electron chi connectivity index (χ2n) is 11.1. The van der Waals surface area contributed by atoms with E-state index in [0.717, 1.165) is 0 Å². The highest BCUT2D eigenvalue weighted by Gasteiger charge is 2.26. The molecule has 17 heteroatoms. The minimum atomic E-state index is -1.07. The van der Waals surface area contributed by atoms with Gasteiger partial charge in [0.25, 0.3) is 0 Å². The Morgan fingerprint density at radius 2 is 1.07 bits per heavy atom. The van der Waals surface area contributed by atoms with Gasteiger partial charge < -0.3 is 46.7 Å². The lowest BCUT2D eigenvalue weighted by Gasteiger charge is -2.24. The molecule has 0 aromatic carbocycles. The van der Waals surface area contributed by atoms with Crippen molar-refractivity contribution in [2.24, 2.45) is 5.92 Å². The first kappa shape index (κ1) is 39.6. The first-order chi connectivity index (χ1) is 20.3. The van der Waals surface area contributed by atoms with E-state index >= 15 is 0 Å². The molecule has 0 spiro atoms. The number of hydrogen-bond donors (Lipinski definition) is 7. The Balaban J connectivity index is 4.52. The van der Waals surface area contributed by atoms with Crippen LogP contribution >= 0.6 is 0 Å². The van der Waals surface area contributed by atoms with E-state index in [-0.39, 0.29) is 19.1 Å². The molecule has 0 aliphatic rings. The molecule has 0 saturated heterocycles. The fourth-order valence-electron chi connectivity index (χ4n) is 3.25. The fraction of sp³-hybridized carbons (Fsp3) is 0.704. The molecule has 0 bridgehead atoms. The Morgan fingerprint density at radius 3 is 1.55 bits per heavy atom. The van der Waals surface area contributed by atoms with Gasteiger partial charge in [0.15, 0.2) is 0 Å². The second kappa shape index (κ2) is 19.7. The third kappa shape index (κ3) is 18.9. The molecule has 0 fully saturated rings. The zero-order valence-corrected chi connectivity index (χ0v) is 26.6. The Kier molecular flexibility index (Phi) is 17.7. The number of carbonyl (C=O) groups is 8. The van der Waals surface area contributed by atoms with Crippen LogP contribution in [-0.2, 0) is 43.0 Å². The van der Waals surface area contributed by atoms with Crippen LogP contribution in [0.2, 0.25) is 0 Å². The molecule has 0 saturated carbocycles. The van der Waals surface area contributed by atoms with Gasteiger partial charge in [-0.2, -0.15) is 0 Å². The minimum absolute atomic E-state index is 0.0453. The third-order valence-corrected chi connectivity index (χ3v) is 5.26. The van der Waals surface area contributed by atoms with Crippen LogP contribution < -0.4 is 37.2 Å². The summed E-state index contributed by atoms with van der Waals surface area (Å²) in [5.41, 5.74) is -0.763. The molecule has 0 aromatic rings. The summed E-state index contributed by atoms with van der Waals surface area (Å²) in [5.74, 6) is -4.63. The molecule has 0 aromatic heterocycles. The number of hydrogen-bond acceptors (Lipinski definition) is 10. The predicted octanol–water partition coefficient (Wildman–Crippen LogP) is -2.04. The van der Waals surface area contributed by atoms with E-state index in [4.69, 9.17) is 4.74 Å². The van der Waals surface area contributed by atoms with Crippen LogP contribution in [0, 0.1) is 5.92 Å². The molecule has 7 amide bonds.